The second-order valence-electron chi connectivity index (χ2n) is 7.63. The summed E-state index contributed by atoms with van der Waals surface area (Å²) in [5, 5.41) is 8.40. The normalized spacial score (nSPS) is 13.5. The van der Waals surface area contributed by atoms with E-state index < -0.39 is 0 Å². The van der Waals surface area contributed by atoms with Gasteiger partial charge in [0.1, 0.15) is 17.5 Å². The van der Waals surface area contributed by atoms with Crippen LogP contribution in [-0.2, 0) is 11.2 Å². The number of carbonyl (C=O) groups excluding carboxylic acids is 1. The quantitative estimate of drug-likeness (QED) is 0.557. The zero-order chi connectivity index (χ0) is 20.9. The molecular formula is C23H27N5OS. The van der Waals surface area contributed by atoms with Crippen molar-refractivity contribution in [3.63, 3.8) is 0 Å². The molecule has 1 aromatic carbocycles. The number of benzene rings is 1. The first-order valence-corrected chi connectivity index (χ1v) is 11.3. The molecule has 4 rings (SSSR count). The lowest BCUT2D eigenvalue weighted by molar-refractivity contribution is -0.116. The molecule has 6 nitrogen and oxygen atoms in total. The van der Waals surface area contributed by atoms with E-state index >= 15 is 0 Å². The molecule has 0 aliphatic carbocycles. The molecule has 1 amide bonds. The average Bonchev–Trinajstić information content (AvgIpc) is 3.39. The largest absolute Gasteiger partial charge is 0.356 e. The van der Waals surface area contributed by atoms with E-state index in [1.165, 1.54) is 23.3 Å². The Bertz CT molecular complexity index is 1010. The van der Waals surface area contributed by atoms with Crippen LogP contribution in [0.2, 0.25) is 0 Å². The fraction of sp³-hybridized carbons (Fsp3) is 0.348. The summed E-state index contributed by atoms with van der Waals surface area (Å²) in [6.07, 6.45) is 3.69. The van der Waals surface area contributed by atoms with E-state index in [0.717, 1.165) is 48.3 Å². The highest BCUT2D eigenvalue weighted by Crippen LogP contribution is 2.24. The Kier molecular flexibility index (Phi) is 6.28. The first-order chi connectivity index (χ1) is 14.6. The van der Waals surface area contributed by atoms with Gasteiger partial charge in [-0.3, -0.25) is 4.79 Å². The van der Waals surface area contributed by atoms with Gasteiger partial charge in [-0.05, 0) is 74.4 Å². The number of hydrogen-bond acceptors (Lipinski definition) is 6. The van der Waals surface area contributed by atoms with Crippen molar-refractivity contribution >= 4 is 40.3 Å². The second kappa shape index (κ2) is 9.26. The molecule has 156 valence electrons. The van der Waals surface area contributed by atoms with E-state index in [1.807, 2.05) is 37.3 Å². The van der Waals surface area contributed by atoms with Crippen LogP contribution in [0.1, 0.15) is 35.5 Å². The van der Waals surface area contributed by atoms with E-state index in [0.29, 0.717) is 6.42 Å². The number of aromatic nitrogens is 2. The molecule has 0 bridgehead atoms. The van der Waals surface area contributed by atoms with E-state index in [9.17, 15) is 4.79 Å². The lowest BCUT2D eigenvalue weighted by Gasteiger charge is -2.18. The van der Waals surface area contributed by atoms with Crippen LogP contribution < -0.4 is 15.5 Å². The van der Waals surface area contributed by atoms with Gasteiger partial charge in [0, 0.05) is 41.8 Å². The van der Waals surface area contributed by atoms with Crippen molar-refractivity contribution in [2.45, 2.75) is 39.5 Å². The zero-order valence-corrected chi connectivity index (χ0v) is 18.3. The minimum atomic E-state index is 0.0326. The number of carbonyl (C=O) groups is 1. The molecule has 0 spiro atoms. The van der Waals surface area contributed by atoms with Crippen molar-refractivity contribution in [1.82, 2.24) is 9.97 Å². The second-order valence-corrected chi connectivity index (χ2v) is 8.63. The highest BCUT2D eigenvalue weighted by Gasteiger charge is 2.15. The van der Waals surface area contributed by atoms with E-state index in [2.05, 4.69) is 43.9 Å². The van der Waals surface area contributed by atoms with Crippen molar-refractivity contribution < 1.29 is 4.79 Å². The maximum atomic E-state index is 12.3. The maximum Gasteiger partial charge on any atom is 0.224 e. The molecule has 1 fully saturated rings. The molecule has 2 N–H and O–H groups in total. The fourth-order valence-corrected chi connectivity index (χ4v) is 4.53. The molecule has 2 aromatic heterocycles. The van der Waals surface area contributed by atoms with Gasteiger partial charge >= 0.3 is 0 Å². The third-order valence-electron chi connectivity index (χ3n) is 5.24. The van der Waals surface area contributed by atoms with E-state index in [1.54, 1.807) is 11.3 Å². The highest BCUT2D eigenvalue weighted by atomic mass is 32.1. The highest BCUT2D eigenvalue weighted by molar-refractivity contribution is 7.10. The van der Waals surface area contributed by atoms with Gasteiger partial charge in [-0.15, -0.1) is 11.3 Å². The SMILES string of the molecule is Cc1nc(Nc2ccc(NC(=O)CCc3sccc3C)cc2)cc(N2CCCC2)n1. The van der Waals surface area contributed by atoms with Gasteiger partial charge in [0.2, 0.25) is 5.91 Å². The molecule has 0 saturated carbocycles. The summed E-state index contributed by atoms with van der Waals surface area (Å²) in [7, 11) is 0. The predicted molar refractivity (Wildman–Crippen MR) is 124 cm³/mol. The van der Waals surface area contributed by atoms with Gasteiger partial charge in [-0.2, -0.15) is 0 Å². The Hall–Kier alpha value is -2.93. The van der Waals surface area contributed by atoms with Crippen LogP contribution in [-0.4, -0.2) is 29.0 Å². The summed E-state index contributed by atoms with van der Waals surface area (Å²) in [6, 6.07) is 11.8. The van der Waals surface area contributed by atoms with E-state index in [-0.39, 0.29) is 5.91 Å². The van der Waals surface area contributed by atoms with Gasteiger partial charge in [0.25, 0.3) is 0 Å². The predicted octanol–water partition coefficient (Wildman–Crippen LogP) is 5.07. The molecule has 0 radical (unpaired) electrons. The number of rotatable bonds is 7. The average molecular weight is 422 g/mol. The lowest BCUT2D eigenvalue weighted by Crippen LogP contribution is -2.19. The Morgan fingerprint density at radius 3 is 2.50 bits per heavy atom. The molecular weight excluding hydrogens is 394 g/mol. The molecule has 1 aliphatic rings. The Balaban J connectivity index is 1.34. The topological polar surface area (TPSA) is 70.2 Å². The number of thiophene rings is 1. The molecule has 0 atom stereocenters. The fourth-order valence-electron chi connectivity index (χ4n) is 3.62. The maximum absolute atomic E-state index is 12.3. The smallest absolute Gasteiger partial charge is 0.224 e. The van der Waals surface area contributed by atoms with Crippen LogP contribution in [0.4, 0.5) is 23.0 Å². The van der Waals surface area contributed by atoms with Gasteiger partial charge < -0.3 is 15.5 Å². The summed E-state index contributed by atoms with van der Waals surface area (Å²) in [6.45, 7) is 6.11. The van der Waals surface area contributed by atoms with Crippen molar-refractivity contribution in [1.29, 1.82) is 0 Å². The summed E-state index contributed by atoms with van der Waals surface area (Å²) in [5.41, 5.74) is 2.98. The van der Waals surface area contributed by atoms with Gasteiger partial charge in [-0.25, -0.2) is 9.97 Å². The summed E-state index contributed by atoms with van der Waals surface area (Å²) >= 11 is 1.71. The number of hydrogen-bond donors (Lipinski definition) is 2. The Morgan fingerprint density at radius 1 is 1.07 bits per heavy atom. The number of amides is 1. The molecule has 30 heavy (non-hydrogen) atoms. The van der Waals surface area contributed by atoms with Crippen LogP contribution >= 0.6 is 11.3 Å². The van der Waals surface area contributed by atoms with Crippen LogP contribution in [0.5, 0.6) is 0 Å². The monoisotopic (exact) mass is 421 g/mol. The van der Waals surface area contributed by atoms with Crippen molar-refractivity contribution in [2.75, 3.05) is 28.6 Å². The molecule has 7 heteroatoms. The molecule has 1 aliphatic heterocycles. The first-order valence-electron chi connectivity index (χ1n) is 10.4. The standard InChI is InChI=1S/C23H27N5OS/c1-16-11-14-30-20(16)9-10-23(29)27-19-7-5-18(6-8-19)26-21-15-22(25-17(2)24-21)28-12-3-4-13-28/h5-8,11,14-15H,3-4,9-10,12-13H2,1-2H3,(H,27,29)(H,24,25,26). The number of nitrogens with one attached hydrogen (secondary N) is 2. The van der Waals surface area contributed by atoms with E-state index in [4.69, 9.17) is 0 Å². The Labute approximate surface area is 181 Å². The lowest BCUT2D eigenvalue weighted by atomic mass is 10.2. The minimum absolute atomic E-state index is 0.0326. The number of nitrogens with zero attached hydrogens (tertiary/aromatic N) is 3. The molecule has 3 aromatic rings. The summed E-state index contributed by atoms with van der Waals surface area (Å²) < 4.78 is 0. The van der Waals surface area contributed by atoms with Crippen molar-refractivity contribution in [3.8, 4) is 0 Å². The first kappa shape index (κ1) is 20.3. The molecule has 0 unspecified atom stereocenters. The van der Waals surface area contributed by atoms with Gasteiger partial charge in [0.15, 0.2) is 0 Å². The third-order valence-corrected chi connectivity index (χ3v) is 6.33. The van der Waals surface area contributed by atoms with Crippen LogP contribution in [0, 0.1) is 13.8 Å². The van der Waals surface area contributed by atoms with Crippen LogP contribution in [0.3, 0.4) is 0 Å². The van der Waals surface area contributed by atoms with Crippen molar-refractivity contribution in [2.24, 2.45) is 0 Å². The number of aryl methyl sites for hydroxylation is 3. The number of anilines is 4. The minimum Gasteiger partial charge on any atom is -0.356 e. The van der Waals surface area contributed by atoms with Crippen molar-refractivity contribution in [3.05, 3.63) is 58.0 Å². The van der Waals surface area contributed by atoms with Crippen LogP contribution in [0.15, 0.2) is 41.8 Å². The third kappa shape index (κ3) is 5.16. The molecule has 1 saturated heterocycles. The Morgan fingerprint density at radius 2 is 1.80 bits per heavy atom. The van der Waals surface area contributed by atoms with Gasteiger partial charge in [0.05, 0.1) is 0 Å². The van der Waals surface area contributed by atoms with Gasteiger partial charge in [-0.1, -0.05) is 0 Å². The molecule has 3 heterocycles. The summed E-state index contributed by atoms with van der Waals surface area (Å²) in [4.78, 5) is 24.9. The zero-order valence-electron chi connectivity index (χ0n) is 17.4. The summed E-state index contributed by atoms with van der Waals surface area (Å²) in [5.74, 6) is 2.55. The van der Waals surface area contributed by atoms with Crippen LogP contribution in [0.25, 0.3) is 0 Å².